The number of unbranched alkanes of at least 4 members (excludes halogenated alkanes) is 1. The summed E-state index contributed by atoms with van der Waals surface area (Å²) in [7, 11) is 1.58. The van der Waals surface area contributed by atoms with Gasteiger partial charge in [0.2, 0.25) is 11.8 Å². The highest BCUT2D eigenvalue weighted by molar-refractivity contribution is 5.89. The summed E-state index contributed by atoms with van der Waals surface area (Å²) < 4.78 is 5.78. The molecule has 238 valence electrons. The fourth-order valence-corrected chi connectivity index (χ4v) is 5.52. The molecular formula is C38H52N2O4. The van der Waals surface area contributed by atoms with Crippen LogP contribution in [0.15, 0.2) is 66.7 Å². The first kappa shape index (κ1) is 34.8. The molecule has 2 N–H and O–H groups in total. The van der Waals surface area contributed by atoms with Crippen LogP contribution in [0.4, 0.5) is 0 Å². The third-order valence-electron chi connectivity index (χ3n) is 8.07. The van der Waals surface area contributed by atoms with E-state index < -0.39 is 28.9 Å². The quantitative estimate of drug-likeness (QED) is 0.196. The van der Waals surface area contributed by atoms with E-state index in [1.165, 1.54) is 10.8 Å². The predicted octanol–water partition coefficient (Wildman–Crippen LogP) is 7.87. The molecule has 0 unspecified atom stereocenters. The summed E-state index contributed by atoms with van der Waals surface area (Å²) in [5, 5.41) is 8.14. The number of hydrogen-bond donors (Lipinski definition) is 2. The lowest BCUT2D eigenvalue weighted by Crippen LogP contribution is -2.54. The smallest absolute Gasteiger partial charge is 0.309 e. The van der Waals surface area contributed by atoms with Crippen molar-refractivity contribution in [1.29, 1.82) is 0 Å². The van der Waals surface area contributed by atoms with E-state index in [0.717, 1.165) is 29.5 Å². The number of carbonyl (C=O) groups is 3. The van der Waals surface area contributed by atoms with Crippen LogP contribution in [0.1, 0.15) is 86.1 Å². The molecule has 2 amide bonds. The molecule has 0 bridgehead atoms. The van der Waals surface area contributed by atoms with Gasteiger partial charge >= 0.3 is 5.97 Å². The number of rotatable bonds is 13. The Morgan fingerprint density at radius 2 is 1.41 bits per heavy atom. The van der Waals surface area contributed by atoms with E-state index in [1.54, 1.807) is 7.05 Å². The lowest BCUT2D eigenvalue weighted by molar-refractivity contribution is -0.161. The van der Waals surface area contributed by atoms with Crippen molar-refractivity contribution >= 4 is 28.6 Å². The van der Waals surface area contributed by atoms with Crippen molar-refractivity contribution in [2.45, 2.75) is 98.6 Å². The number of ether oxygens (including phenoxy) is 1. The summed E-state index contributed by atoms with van der Waals surface area (Å²) >= 11 is 0. The maximum absolute atomic E-state index is 13.9. The number of hydrogen-bond acceptors (Lipinski definition) is 4. The van der Waals surface area contributed by atoms with E-state index in [4.69, 9.17) is 4.74 Å². The first-order valence-corrected chi connectivity index (χ1v) is 16.0. The van der Waals surface area contributed by atoms with Gasteiger partial charge in [0, 0.05) is 13.0 Å². The van der Waals surface area contributed by atoms with Gasteiger partial charge in [0.25, 0.3) is 0 Å². The molecule has 3 aromatic carbocycles. The van der Waals surface area contributed by atoms with Crippen molar-refractivity contribution in [2.75, 3.05) is 7.05 Å². The van der Waals surface area contributed by atoms with Gasteiger partial charge < -0.3 is 15.4 Å². The Morgan fingerprint density at radius 1 is 0.773 bits per heavy atom. The Hall–Kier alpha value is -3.67. The van der Waals surface area contributed by atoms with Crippen molar-refractivity contribution < 1.29 is 19.1 Å². The Labute approximate surface area is 264 Å². The van der Waals surface area contributed by atoms with Gasteiger partial charge in [-0.15, -0.1) is 0 Å². The summed E-state index contributed by atoms with van der Waals surface area (Å²) in [6.07, 6.45) is 4.08. The molecule has 0 aromatic heterocycles. The van der Waals surface area contributed by atoms with Gasteiger partial charge in [-0.05, 0) is 85.4 Å². The second-order valence-corrected chi connectivity index (χ2v) is 14.0. The van der Waals surface area contributed by atoms with Crippen LogP contribution in [0.2, 0.25) is 0 Å². The van der Waals surface area contributed by atoms with E-state index >= 15 is 0 Å². The SMILES string of the molecule is CCCC[C@@H](C[C@@H](CCc1ccc(-c2ccc3ccccc3c2)cc1)C(=O)N[C@H](C(=O)NC)C(C)(C)C)C(=O)OC(C)(C)C. The topological polar surface area (TPSA) is 84.5 Å². The zero-order valence-electron chi connectivity index (χ0n) is 28.0. The zero-order chi connectivity index (χ0) is 32.5. The van der Waals surface area contributed by atoms with Crippen molar-refractivity contribution in [3.63, 3.8) is 0 Å². The van der Waals surface area contributed by atoms with Crippen molar-refractivity contribution in [3.05, 3.63) is 72.3 Å². The van der Waals surface area contributed by atoms with Crippen LogP contribution in [0.25, 0.3) is 21.9 Å². The number of carbonyl (C=O) groups excluding carboxylic acids is 3. The molecule has 0 radical (unpaired) electrons. The van der Waals surface area contributed by atoms with E-state index in [2.05, 4.69) is 78.2 Å². The van der Waals surface area contributed by atoms with E-state index in [1.807, 2.05) is 47.6 Å². The van der Waals surface area contributed by atoms with Crippen LogP contribution >= 0.6 is 0 Å². The number of likely N-dealkylation sites (N-methyl/N-ethyl adjacent to an activating group) is 1. The van der Waals surface area contributed by atoms with Gasteiger partial charge in [-0.3, -0.25) is 14.4 Å². The van der Waals surface area contributed by atoms with Gasteiger partial charge in [-0.1, -0.05) is 101 Å². The van der Waals surface area contributed by atoms with Crippen molar-refractivity contribution in [3.8, 4) is 11.1 Å². The van der Waals surface area contributed by atoms with Gasteiger partial charge in [0.15, 0.2) is 0 Å². The average molecular weight is 601 g/mol. The van der Waals surface area contributed by atoms with E-state index in [9.17, 15) is 14.4 Å². The van der Waals surface area contributed by atoms with Crippen LogP contribution < -0.4 is 10.6 Å². The molecular weight excluding hydrogens is 548 g/mol. The third kappa shape index (κ3) is 10.2. The number of nitrogens with one attached hydrogen (secondary N) is 2. The molecule has 3 atom stereocenters. The van der Waals surface area contributed by atoms with Crippen LogP contribution in [0.3, 0.4) is 0 Å². The molecule has 44 heavy (non-hydrogen) atoms. The molecule has 0 aliphatic heterocycles. The second-order valence-electron chi connectivity index (χ2n) is 14.0. The molecule has 0 spiro atoms. The average Bonchev–Trinajstić information content (AvgIpc) is 2.97. The van der Waals surface area contributed by atoms with Crippen LogP contribution in [-0.2, 0) is 25.5 Å². The summed E-state index contributed by atoms with van der Waals surface area (Å²) in [6, 6.07) is 22.6. The zero-order valence-corrected chi connectivity index (χ0v) is 28.0. The number of fused-ring (bicyclic) bond motifs is 1. The first-order valence-electron chi connectivity index (χ1n) is 16.0. The number of esters is 1. The highest BCUT2D eigenvalue weighted by atomic mass is 16.6. The van der Waals surface area contributed by atoms with Gasteiger partial charge in [0.1, 0.15) is 11.6 Å². The number of benzene rings is 3. The Kier molecular flexibility index (Phi) is 12.2. The Morgan fingerprint density at radius 3 is 2.00 bits per heavy atom. The monoisotopic (exact) mass is 600 g/mol. The fraction of sp³-hybridized carbons (Fsp3) is 0.500. The maximum Gasteiger partial charge on any atom is 0.309 e. The minimum absolute atomic E-state index is 0.202. The summed E-state index contributed by atoms with van der Waals surface area (Å²) in [5.74, 6) is -1.55. The molecule has 0 saturated carbocycles. The minimum Gasteiger partial charge on any atom is -0.460 e. The highest BCUT2D eigenvalue weighted by Gasteiger charge is 2.36. The van der Waals surface area contributed by atoms with E-state index in [0.29, 0.717) is 25.7 Å². The molecule has 6 nitrogen and oxygen atoms in total. The normalized spacial score (nSPS) is 14.0. The number of amides is 2. The molecule has 3 rings (SSSR count). The highest BCUT2D eigenvalue weighted by Crippen LogP contribution is 2.29. The van der Waals surface area contributed by atoms with Gasteiger partial charge in [0.05, 0.1) is 5.92 Å². The molecule has 0 aliphatic rings. The predicted molar refractivity (Wildman–Crippen MR) is 180 cm³/mol. The van der Waals surface area contributed by atoms with Gasteiger partial charge in [-0.25, -0.2) is 0 Å². The molecule has 0 saturated heterocycles. The Bertz CT molecular complexity index is 1400. The van der Waals surface area contributed by atoms with Crippen LogP contribution in [0.5, 0.6) is 0 Å². The van der Waals surface area contributed by atoms with E-state index in [-0.39, 0.29) is 17.8 Å². The summed E-state index contributed by atoms with van der Waals surface area (Å²) in [5.41, 5.74) is 2.32. The standard InChI is InChI=1S/C38H52N2O4/c1-9-10-13-32(36(43)44-38(5,6)7)25-31(34(41)40-33(35(42)39-8)37(2,3)4)21-18-26-16-19-28(20-17-26)30-23-22-27-14-11-12-15-29(27)24-30/h11-12,14-17,19-20,22-24,31-33H,9-10,13,18,21,25H2,1-8H3,(H,39,42)(H,40,41)/t31-,32+,33-/m1/s1. The van der Waals surface area contributed by atoms with Crippen molar-refractivity contribution in [2.24, 2.45) is 17.3 Å². The molecule has 3 aromatic rings. The lowest BCUT2D eigenvalue weighted by atomic mass is 9.83. The van der Waals surface area contributed by atoms with Gasteiger partial charge in [-0.2, -0.15) is 0 Å². The summed E-state index contributed by atoms with van der Waals surface area (Å²) in [6.45, 7) is 13.5. The maximum atomic E-state index is 13.9. The third-order valence-corrected chi connectivity index (χ3v) is 8.07. The molecule has 0 heterocycles. The largest absolute Gasteiger partial charge is 0.460 e. The van der Waals surface area contributed by atoms with Crippen molar-refractivity contribution in [1.82, 2.24) is 10.6 Å². The fourth-order valence-electron chi connectivity index (χ4n) is 5.52. The molecule has 6 heteroatoms. The lowest BCUT2D eigenvalue weighted by Gasteiger charge is -2.32. The number of aryl methyl sites for hydroxylation is 1. The summed E-state index contributed by atoms with van der Waals surface area (Å²) in [4.78, 5) is 39.9. The molecule has 0 fully saturated rings. The molecule has 0 aliphatic carbocycles. The Balaban J connectivity index is 1.83. The van der Waals surface area contributed by atoms with Crippen LogP contribution in [-0.4, -0.2) is 36.5 Å². The van der Waals surface area contributed by atoms with Crippen LogP contribution in [0, 0.1) is 17.3 Å². The second kappa shape index (κ2) is 15.4. The minimum atomic E-state index is -0.695. The first-order chi connectivity index (χ1) is 20.7.